The molecule has 1 unspecified atom stereocenters. The van der Waals surface area contributed by atoms with Crippen molar-refractivity contribution in [2.24, 2.45) is 7.05 Å². The summed E-state index contributed by atoms with van der Waals surface area (Å²) < 4.78 is 7.23. The molecule has 5 nitrogen and oxygen atoms in total. The lowest BCUT2D eigenvalue weighted by Crippen LogP contribution is -2.37. The van der Waals surface area contributed by atoms with E-state index in [0.29, 0.717) is 6.54 Å². The standard InChI is InChI=1S/C23H27N3O2/c1-17(20-8-4-6-10-22(20)26-11-13-28-14-12-26)24-16-19-15-18-7-3-5-9-21(18)25(2)23(19)27/h3-10,15,17,24H,11-14,16H2,1-2H3. The predicted molar refractivity (Wildman–Crippen MR) is 114 cm³/mol. The molecular formula is C23H27N3O2. The van der Waals surface area contributed by atoms with Gasteiger partial charge in [-0.25, -0.2) is 0 Å². The van der Waals surface area contributed by atoms with Crippen molar-refractivity contribution in [2.45, 2.75) is 19.5 Å². The molecule has 4 rings (SSSR count). The minimum absolute atomic E-state index is 0.0554. The zero-order valence-corrected chi connectivity index (χ0v) is 16.5. The molecule has 0 radical (unpaired) electrons. The van der Waals surface area contributed by atoms with Crippen LogP contribution in [-0.2, 0) is 18.3 Å². The first-order valence-electron chi connectivity index (χ1n) is 9.88. The average Bonchev–Trinajstić information content (AvgIpc) is 2.75. The van der Waals surface area contributed by atoms with Crippen molar-refractivity contribution < 1.29 is 4.74 Å². The van der Waals surface area contributed by atoms with Crippen LogP contribution in [0.15, 0.2) is 59.4 Å². The SMILES string of the molecule is CC(NCc1cc2ccccc2n(C)c1=O)c1ccccc1N1CCOCC1. The third-order valence-corrected chi connectivity index (χ3v) is 5.56. The van der Waals surface area contributed by atoms with E-state index in [4.69, 9.17) is 4.74 Å². The maximum absolute atomic E-state index is 12.7. The van der Waals surface area contributed by atoms with Gasteiger partial charge in [-0.05, 0) is 36.1 Å². The van der Waals surface area contributed by atoms with Gasteiger partial charge >= 0.3 is 0 Å². The number of ether oxygens (including phenoxy) is 1. The Hall–Kier alpha value is -2.63. The molecule has 1 N–H and O–H groups in total. The van der Waals surface area contributed by atoms with Gasteiger partial charge in [-0.3, -0.25) is 4.79 Å². The highest BCUT2D eigenvalue weighted by molar-refractivity contribution is 5.79. The highest BCUT2D eigenvalue weighted by atomic mass is 16.5. The van der Waals surface area contributed by atoms with E-state index in [-0.39, 0.29) is 11.6 Å². The normalized spacial score (nSPS) is 15.7. The first-order chi connectivity index (χ1) is 13.6. The van der Waals surface area contributed by atoms with Crippen molar-refractivity contribution in [2.75, 3.05) is 31.2 Å². The Morgan fingerprint density at radius 3 is 2.61 bits per heavy atom. The lowest BCUT2D eigenvalue weighted by Gasteiger charge is -2.32. The molecule has 1 aliphatic heterocycles. The van der Waals surface area contributed by atoms with Crippen molar-refractivity contribution in [3.8, 4) is 0 Å². The van der Waals surface area contributed by atoms with Crippen LogP contribution in [0.3, 0.4) is 0 Å². The van der Waals surface area contributed by atoms with E-state index in [1.165, 1.54) is 11.3 Å². The summed E-state index contributed by atoms with van der Waals surface area (Å²) in [5.41, 5.74) is 4.30. The van der Waals surface area contributed by atoms with E-state index in [2.05, 4.69) is 47.5 Å². The molecule has 0 bridgehead atoms. The molecule has 3 aromatic rings. The molecule has 1 atom stereocenters. The highest BCUT2D eigenvalue weighted by Crippen LogP contribution is 2.27. The van der Waals surface area contributed by atoms with Gasteiger partial charge in [0.25, 0.3) is 5.56 Å². The van der Waals surface area contributed by atoms with Crippen molar-refractivity contribution in [1.29, 1.82) is 0 Å². The third kappa shape index (κ3) is 3.68. The zero-order valence-electron chi connectivity index (χ0n) is 16.5. The number of para-hydroxylation sites is 2. The summed E-state index contributed by atoms with van der Waals surface area (Å²) in [5, 5.41) is 4.64. The van der Waals surface area contributed by atoms with E-state index < -0.39 is 0 Å². The molecule has 0 amide bonds. The number of fused-ring (bicyclic) bond motifs is 1. The molecule has 5 heteroatoms. The first-order valence-corrected chi connectivity index (χ1v) is 9.88. The second-order valence-electron chi connectivity index (χ2n) is 7.35. The molecule has 1 aromatic heterocycles. The summed E-state index contributed by atoms with van der Waals surface area (Å²) in [6.07, 6.45) is 0. The van der Waals surface area contributed by atoms with E-state index in [1.54, 1.807) is 4.57 Å². The molecule has 2 heterocycles. The summed E-state index contributed by atoms with van der Waals surface area (Å²) >= 11 is 0. The summed E-state index contributed by atoms with van der Waals surface area (Å²) in [5.74, 6) is 0. The van der Waals surface area contributed by atoms with Gasteiger partial charge in [-0.1, -0.05) is 36.4 Å². The Morgan fingerprint density at radius 2 is 1.79 bits per heavy atom. The lowest BCUT2D eigenvalue weighted by atomic mass is 10.0. The topological polar surface area (TPSA) is 46.5 Å². The molecule has 28 heavy (non-hydrogen) atoms. The number of pyridine rings is 1. The van der Waals surface area contributed by atoms with Gasteiger partial charge in [0.15, 0.2) is 0 Å². The quantitative estimate of drug-likeness (QED) is 0.742. The van der Waals surface area contributed by atoms with Crippen LogP contribution in [0.2, 0.25) is 0 Å². The van der Waals surface area contributed by atoms with Gasteiger partial charge in [0.2, 0.25) is 0 Å². The maximum Gasteiger partial charge on any atom is 0.255 e. The van der Waals surface area contributed by atoms with Gasteiger partial charge in [-0.2, -0.15) is 0 Å². The molecule has 0 saturated carbocycles. The fourth-order valence-electron chi connectivity index (χ4n) is 3.93. The van der Waals surface area contributed by atoms with Crippen LogP contribution in [0.25, 0.3) is 10.9 Å². The second kappa shape index (κ2) is 8.17. The number of aromatic nitrogens is 1. The number of morpholine rings is 1. The number of nitrogens with one attached hydrogen (secondary N) is 1. The number of hydrogen-bond acceptors (Lipinski definition) is 4. The summed E-state index contributed by atoms with van der Waals surface area (Å²) in [7, 11) is 1.84. The minimum Gasteiger partial charge on any atom is -0.378 e. The summed E-state index contributed by atoms with van der Waals surface area (Å²) in [6.45, 7) is 6.05. The molecule has 1 fully saturated rings. The van der Waals surface area contributed by atoms with E-state index in [9.17, 15) is 4.79 Å². The van der Waals surface area contributed by atoms with E-state index in [0.717, 1.165) is 42.8 Å². The Bertz CT molecular complexity index is 1020. The fraction of sp³-hybridized carbons (Fsp3) is 0.348. The van der Waals surface area contributed by atoms with Crippen LogP contribution < -0.4 is 15.8 Å². The van der Waals surface area contributed by atoms with Crippen LogP contribution in [0, 0.1) is 0 Å². The number of anilines is 1. The van der Waals surface area contributed by atoms with Gasteiger partial charge in [0, 0.05) is 44.0 Å². The van der Waals surface area contributed by atoms with Crippen LogP contribution in [0.5, 0.6) is 0 Å². The van der Waals surface area contributed by atoms with E-state index in [1.807, 2.05) is 31.3 Å². The summed E-state index contributed by atoms with van der Waals surface area (Å²) in [4.78, 5) is 15.1. The van der Waals surface area contributed by atoms with Crippen LogP contribution in [0.4, 0.5) is 5.69 Å². The van der Waals surface area contributed by atoms with Crippen molar-refractivity contribution in [1.82, 2.24) is 9.88 Å². The monoisotopic (exact) mass is 377 g/mol. The molecule has 2 aromatic carbocycles. The van der Waals surface area contributed by atoms with Crippen molar-refractivity contribution in [3.05, 3.63) is 76.1 Å². The molecule has 1 saturated heterocycles. The lowest BCUT2D eigenvalue weighted by molar-refractivity contribution is 0.122. The number of benzene rings is 2. The molecule has 1 aliphatic rings. The number of hydrogen-bond donors (Lipinski definition) is 1. The van der Waals surface area contributed by atoms with Gasteiger partial charge in [0.05, 0.1) is 18.7 Å². The smallest absolute Gasteiger partial charge is 0.255 e. The molecule has 146 valence electrons. The number of nitrogens with zero attached hydrogens (tertiary/aromatic N) is 2. The second-order valence-corrected chi connectivity index (χ2v) is 7.35. The van der Waals surface area contributed by atoms with Crippen LogP contribution >= 0.6 is 0 Å². The minimum atomic E-state index is 0.0554. The highest BCUT2D eigenvalue weighted by Gasteiger charge is 2.18. The maximum atomic E-state index is 12.7. The van der Waals surface area contributed by atoms with Gasteiger partial charge in [-0.15, -0.1) is 0 Å². The number of rotatable bonds is 5. The Balaban J connectivity index is 1.56. The van der Waals surface area contributed by atoms with Gasteiger partial charge < -0.3 is 19.5 Å². The number of aryl methyl sites for hydroxylation is 1. The third-order valence-electron chi connectivity index (χ3n) is 5.56. The largest absolute Gasteiger partial charge is 0.378 e. The Morgan fingerprint density at radius 1 is 1.07 bits per heavy atom. The summed E-state index contributed by atoms with van der Waals surface area (Å²) in [6, 6.07) is 18.6. The molecule has 0 spiro atoms. The van der Waals surface area contributed by atoms with Crippen molar-refractivity contribution >= 4 is 16.6 Å². The Labute approximate surface area is 165 Å². The van der Waals surface area contributed by atoms with Crippen molar-refractivity contribution in [3.63, 3.8) is 0 Å². The van der Waals surface area contributed by atoms with Crippen LogP contribution in [-0.4, -0.2) is 30.9 Å². The van der Waals surface area contributed by atoms with Crippen LogP contribution in [0.1, 0.15) is 24.1 Å². The molecule has 0 aliphatic carbocycles. The first kappa shape index (κ1) is 18.7. The molecular weight excluding hydrogens is 350 g/mol. The predicted octanol–water partition coefficient (Wildman–Crippen LogP) is 3.23. The van der Waals surface area contributed by atoms with Gasteiger partial charge in [0.1, 0.15) is 0 Å². The Kier molecular flexibility index (Phi) is 5.46. The average molecular weight is 377 g/mol. The zero-order chi connectivity index (χ0) is 19.5. The van der Waals surface area contributed by atoms with E-state index >= 15 is 0 Å². The fourth-order valence-corrected chi connectivity index (χ4v) is 3.93.